The summed E-state index contributed by atoms with van der Waals surface area (Å²) in [5, 5.41) is 0.205. The lowest BCUT2D eigenvalue weighted by atomic mass is 10.3. The molecule has 1 atom stereocenters. The van der Waals surface area contributed by atoms with Gasteiger partial charge in [0, 0.05) is 30.7 Å². The van der Waals surface area contributed by atoms with Gasteiger partial charge in [-0.1, -0.05) is 0 Å². The lowest BCUT2D eigenvalue weighted by Crippen LogP contribution is -2.22. The monoisotopic (exact) mass is 227 g/mol. The molecule has 1 heterocycles. The molecule has 1 unspecified atom stereocenters. The van der Waals surface area contributed by atoms with E-state index in [9.17, 15) is 0 Å². The number of aromatic nitrogens is 2. The molecule has 0 fully saturated rings. The first-order valence-corrected chi connectivity index (χ1v) is 5.60. The standard InChI is InChI=1S/C11H18ClN3/c1-8(12)5-6-15(4)11-7-9(2)13-10(3)14-11/h7-8H,5-6H2,1-4H3. The van der Waals surface area contributed by atoms with Gasteiger partial charge >= 0.3 is 0 Å². The average molecular weight is 228 g/mol. The highest BCUT2D eigenvalue weighted by Crippen LogP contribution is 2.12. The van der Waals surface area contributed by atoms with Crippen LogP contribution in [-0.4, -0.2) is 28.9 Å². The molecule has 0 aliphatic carbocycles. The molecular weight excluding hydrogens is 210 g/mol. The number of halogens is 1. The van der Waals surface area contributed by atoms with E-state index >= 15 is 0 Å². The van der Waals surface area contributed by atoms with Crippen LogP contribution in [0.1, 0.15) is 24.9 Å². The Balaban J connectivity index is 2.68. The van der Waals surface area contributed by atoms with E-state index in [1.54, 1.807) is 0 Å². The molecule has 1 rings (SSSR count). The second kappa shape index (κ2) is 5.31. The molecule has 0 amide bonds. The quantitative estimate of drug-likeness (QED) is 0.741. The van der Waals surface area contributed by atoms with Gasteiger partial charge < -0.3 is 4.90 Å². The second-order valence-electron chi connectivity index (χ2n) is 3.91. The molecule has 4 heteroatoms. The molecule has 0 N–H and O–H groups in total. The number of rotatable bonds is 4. The van der Waals surface area contributed by atoms with E-state index in [1.807, 2.05) is 33.9 Å². The molecule has 0 spiro atoms. The minimum absolute atomic E-state index is 0.205. The SMILES string of the molecule is Cc1cc(N(C)CCC(C)Cl)nc(C)n1. The van der Waals surface area contributed by atoms with Crippen molar-refractivity contribution in [2.24, 2.45) is 0 Å². The Labute approximate surface area is 96.5 Å². The van der Waals surface area contributed by atoms with Gasteiger partial charge in [-0.05, 0) is 27.2 Å². The number of alkyl halides is 1. The van der Waals surface area contributed by atoms with Crippen LogP contribution in [0.3, 0.4) is 0 Å². The lowest BCUT2D eigenvalue weighted by Gasteiger charge is -2.19. The molecule has 0 radical (unpaired) electrons. The zero-order valence-corrected chi connectivity index (χ0v) is 10.5. The Bertz CT molecular complexity index is 305. The first-order valence-electron chi connectivity index (χ1n) is 5.16. The van der Waals surface area contributed by atoms with Crippen LogP contribution >= 0.6 is 11.6 Å². The van der Waals surface area contributed by atoms with Crippen LogP contribution in [0, 0.1) is 13.8 Å². The third kappa shape index (κ3) is 4.04. The van der Waals surface area contributed by atoms with Crippen molar-refractivity contribution in [3.05, 3.63) is 17.6 Å². The van der Waals surface area contributed by atoms with Gasteiger partial charge in [0.1, 0.15) is 11.6 Å². The first kappa shape index (κ1) is 12.2. The number of hydrogen-bond acceptors (Lipinski definition) is 3. The van der Waals surface area contributed by atoms with Crippen molar-refractivity contribution in [2.75, 3.05) is 18.5 Å². The molecule has 0 bridgehead atoms. The fourth-order valence-electron chi connectivity index (χ4n) is 1.38. The van der Waals surface area contributed by atoms with Crippen LogP contribution < -0.4 is 4.90 Å². The molecule has 15 heavy (non-hydrogen) atoms. The van der Waals surface area contributed by atoms with Crippen molar-refractivity contribution in [1.29, 1.82) is 0 Å². The molecule has 1 aromatic rings. The van der Waals surface area contributed by atoms with Crippen LogP contribution in [0.4, 0.5) is 5.82 Å². The van der Waals surface area contributed by atoms with Gasteiger partial charge in [-0.15, -0.1) is 11.6 Å². The summed E-state index contributed by atoms with van der Waals surface area (Å²) in [6.45, 7) is 6.82. The predicted octanol–water partition coefficient (Wildman–Crippen LogP) is 2.55. The van der Waals surface area contributed by atoms with Crippen molar-refractivity contribution >= 4 is 17.4 Å². The fourth-order valence-corrected chi connectivity index (χ4v) is 1.48. The third-order valence-corrected chi connectivity index (χ3v) is 2.42. The Morgan fingerprint density at radius 2 is 2.07 bits per heavy atom. The molecule has 0 aliphatic rings. The van der Waals surface area contributed by atoms with Crippen molar-refractivity contribution in [1.82, 2.24) is 9.97 Å². The molecular formula is C11H18ClN3. The molecule has 84 valence electrons. The van der Waals surface area contributed by atoms with E-state index < -0.39 is 0 Å². The van der Waals surface area contributed by atoms with Crippen molar-refractivity contribution in [2.45, 2.75) is 32.6 Å². The summed E-state index contributed by atoms with van der Waals surface area (Å²) in [7, 11) is 2.03. The van der Waals surface area contributed by atoms with Gasteiger partial charge in [0.05, 0.1) is 0 Å². The highest BCUT2D eigenvalue weighted by Gasteiger charge is 2.06. The highest BCUT2D eigenvalue weighted by atomic mass is 35.5. The van der Waals surface area contributed by atoms with Crippen molar-refractivity contribution in [3.8, 4) is 0 Å². The Morgan fingerprint density at radius 3 is 2.60 bits per heavy atom. The Morgan fingerprint density at radius 1 is 1.40 bits per heavy atom. The van der Waals surface area contributed by atoms with E-state index in [0.717, 1.165) is 30.3 Å². The molecule has 0 aliphatic heterocycles. The summed E-state index contributed by atoms with van der Waals surface area (Å²) in [6, 6.07) is 1.99. The van der Waals surface area contributed by atoms with E-state index in [-0.39, 0.29) is 5.38 Å². The molecule has 0 saturated heterocycles. The zero-order valence-electron chi connectivity index (χ0n) is 9.79. The van der Waals surface area contributed by atoms with Gasteiger partial charge in [0.15, 0.2) is 0 Å². The Kier molecular flexibility index (Phi) is 4.33. The van der Waals surface area contributed by atoms with Crippen LogP contribution in [0.2, 0.25) is 0 Å². The average Bonchev–Trinajstić information content (AvgIpc) is 2.12. The summed E-state index contributed by atoms with van der Waals surface area (Å²) in [4.78, 5) is 10.7. The minimum Gasteiger partial charge on any atom is -0.360 e. The first-order chi connectivity index (χ1) is 6.99. The van der Waals surface area contributed by atoms with Crippen molar-refractivity contribution in [3.63, 3.8) is 0 Å². The summed E-state index contributed by atoms with van der Waals surface area (Å²) in [5.41, 5.74) is 1.00. The van der Waals surface area contributed by atoms with Crippen LogP contribution in [0.15, 0.2) is 6.07 Å². The smallest absolute Gasteiger partial charge is 0.132 e. The molecule has 0 saturated carbocycles. The number of nitrogens with zero attached hydrogens (tertiary/aromatic N) is 3. The van der Waals surface area contributed by atoms with Crippen LogP contribution in [0.5, 0.6) is 0 Å². The predicted molar refractivity (Wildman–Crippen MR) is 64.7 cm³/mol. The Hall–Kier alpha value is -0.830. The van der Waals surface area contributed by atoms with Gasteiger partial charge in [-0.3, -0.25) is 0 Å². The normalized spacial score (nSPS) is 12.6. The van der Waals surface area contributed by atoms with E-state index in [0.29, 0.717) is 0 Å². The topological polar surface area (TPSA) is 29.0 Å². The largest absolute Gasteiger partial charge is 0.360 e. The van der Waals surface area contributed by atoms with E-state index in [2.05, 4.69) is 14.9 Å². The number of aryl methyl sites for hydroxylation is 2. The highest BCUT2D eigenvalue weighted by molar-refractivity contribution is 6.20. The van der Waals surface area contributed by atoms with Gasteiger partial charge in [-0.25, -0.2) is 9.97 Å². The van der Waals surface area contributed by atoms with Crippen LogP contribution in [0.25, 0.3) is 0 Å². The molecule has 3 nitrogen and oxygen atoms in total. The van der Waals surface area contributed by atoms with E-state index in [1.165, 1.54) is 0 Å². The third-order valence-electron chi connectivity index (χ3n) is 2.21. The fraction of sp³-hybridized carbons (Fsp3) is 0.636. The summed E-state index contributed by atoms with van der Waals surface area (Å²) in [6.07, 6.45) is 0.958. The summed E-state index contributed by atoms with van der Waals surface area (Å²) in [5.74, 6) is 1.79. The summed E-state index contributed by atoms with van der Waals surface area (Å²) < 4.78 is 0. The van der Waals surface area contributed by atoms with Crippen LogP contribution in [-0.2, 0) is 0 Å². The van der Waals surface area contributed by atoms with E-state index in [4.69, 9.17) is 11.6 Å². The molecule has 0 aromatic carbocycles. The maximum absolute atomic E-state index is 5.91. The van der Waals surface area contributed by atoms with Crippen molar-refractivity contribution < 1.29 is 0 Å². The summed E-state index contributed by atoms with van der Waals surface area (Å²) >= 11 is 5.91. The van der Waals surface area contributed by atoms with Gasteiger partial charge in [-0.2, -0.15) is 0 Å². The zero-order chi connectivity index (χ0) is 11.4. The second-order valence-corrected chi connectivity index (χ2v) is 4.65. The van der Waals surface area contributed by atoms with Gasteiger partial charge in [0.2, 0.25) is 0 Å². The van der Waals surface area contributed by atoms with Gasteiger partial charge in [0.25, 0.3) is 0 Å². The lowest BCUT2D eigenvalue weighted by molar-refractivity contribution is 0.761. The number of anilines is 1. The number of hydrogen-bond donors (Lipinski definition) is 0. The maximum Gasteiger partial charge on any atom is 0.132 e. The molecule has 1 aromatic heterocycles. The minimum atomic E-state index is 0.205. The maximum atomic E-state index is 5.91.